The molecule has 39 heavy (non-hydrogen) atoms. The highest BCUT2D eigenvalue weighted by atomic mass is 16.5. The Balaban J connectivity index is 0.00000124. The van der Waals surface area contributed by atoms with Crippen molar-refractivity contribution in [3.63, 3.8) is 0 Å². The van der Waals surface area contributed by atoms with Crippen molar-refractivity contribution < 1.29 is 19.1 Å². The van der Waals surface area contributed by atoms with Crippen LogP contribution in [0.1, 0.15) is 53.7 Å². The van der Waals surface area contributed by atoms with E-state index in [0.717, 1.165) is 40.7 Å². The van der Waals surface area contributed by atoms with Gasteiger partial charge in [-0.3, -0.25) is 4.79 Å². The quantitative estimate of drug-likeness (QED) is 0.390. The van der Waals surface area contributed by atoms with Crippen LogP contribution in [0.2, 0.25) is 0 Å². The van der Waals surface area contributed by atoms with Gasteiger partial charge in [-0.05, 0) is 67.8 Å². The number of nitrogens with zero attached hydrogens (tertiary/aromatic N) is 2. The number of aliphatic hydroxyl groups is 1. The summed E-state index contributed by atoms with van der Waals surface area (Å²) in [4.78, 5) is 14.9. The number of morpholine rings is 1. The lowest BCUT2D eigenvalue weighted by atomic mass is 9.99. The highest BCUT2D eigenvalue weighted by molar-refractivity contribution is 6.04. The summed E-state index contributed by atoms with van der Waals surface area (Å²) in [5.41, 5.74) is 1.55. The number of aliphatic hydroxyl groups excluding tert-OH is 1. The predicted molar refractivity (Wildman–Crippen MR) is 158 cm³/mol. The second-order valence-corrected chi connectivity index (χ2v) is 11.0. The van der Waals surface area contributed by atoms with E-state index >= 15 is 0 Å². The first kappa shape index (κ1) is 31.6. The van der Waals surface area contributed by atoms with Crippen molar-refractivity contribution in [2.24, 2.45) is 5.92 Å². The van der Waals surface area contributed by atoms with Gasteiger partial charge in [0.2, 0.25) is 0 Å². The Morgan fingerprint density at radius 2 is 1.87 bits per heavy atom. The van der Waals surface area contributed by atoms with Crippen molar-refractivity contribution in [2.45, 2.75) is 53.5 Å². The minimum Gasteiger partial charge on any atom is -0.456 e. The SMILES string of the molecule is C=C(/C=c1/ccc(-c2ccc(/C(C)=C(\C#N)C(=O)NC(C)(C)CCO)o2)cc1=C)N1CCOCC1.CC(C)C. The van der Waals surface area contributed by atoms with E-state index in [2.05, 4.69) is 44.1 Å². The van der Waals surface area contributed by atoms with Crippen molar-refractivity contribution in [2.75, 3.05) is 32.9 Å². The Bertz CT molecular complexity index is 1320. The molecule has 1 saturated heterocycles. The largest absolute Gasteiger partial charge is 0.456 e. The van der Waals surface area contributed by atoms with Crippen LogP contribution in [0.3, 0.4) is 0 Å². The molecule has 1 aliphatic heterocycles. The molecule has 0 spiro atoms. The number of benzene rings is 1. The molecule has 3 rings (SSSR count). The molecule has 0 unspecified atom stereocenters. The summed E-state index contributed by atoms with van der Waals surface area (Å²) < 4.78 is 11.4. The van der Waals surface area contributed by atoms with Gasteiger partial charge in [-0.1, -0.05) is 46.1 Å². The molecule has 0 saturated carbocycles. The molecule has 0 radical (unpaired) electrons. The predicted octanol–water partition coefficient (Wildman–Crippen LogP) is 4.22. The van der Waals surface area contributed by atoms with Crippen LogP contribution in [0.4, 0.5) is 0 Å². The van der Waals surface area contributed by atoms with Crippen molar-refractivity contribution in [1.82, 2.24) is 10.2 Å². The Labute approximate surface area is 232 Å². The number of furan rings is 1. The Morgan fingerprint density at radius 1 is 1.23 bits per heavy atom. The molecular weight excluding hydrogens is 490 g/mol. The monoisotopic (exact) mass is 533 g/mol. The maximum Gasteiger partial charge on any atom is 0.262 e. The van der Waals surface area contributed by atoms with Gasteiger partial charge in [0.1, 0.15) is 23.2 Å². The molecule has 2 heterocycles. The number of allylic oxidation sites excluding steroid dienone is 2. The van der Waals surface area contributed by atoms with Crippen molar-refractivity contribution in [1.29, 1.82) is 5.26 Å². The highest BCUT2D eigenvalue weighted by Crippen LogP contribution is 2.27. The minimum absolute atomic E-state index is 0.0265. The molecule has 1 aromatic heterocycles. The molecule has 7 nitrogen and oxygen atoms in total. The minimum atomic E-state index is -0.640. The van der Waals surface area contributed by atoms with Crippen molar-refractivity contribution in [3.8, 4) is 17.4 Å². The zero-order valence-corrected chi connectivity index (χ0v) is 24.3. The fourth-order valence-corrected chi connectivity index (χ4v) is 3.86. The first-order valence-electron chi connectivity index (χ1n) is 13.4. The Kier molecular flexibility index (Phi) is 11.8. The number of hydrogen-bond donors (Lipinski definition) is 2. The summed E-state index contributed by atoms with van der Waals surface area (Å²) >= 11 is 0. The van der Waals surface area contributed by atoms with E-state index in [1.165, 1.54) is 0 Å². The highest BCUT2D eigenvalue weighted by Gasteiger charge is 2.24. The number of ether oxygens (including phenoxy) is 1. The number of hydrogen-bond acceptors (Lipinski definition) is 6. The molecule has 0 atom stereocenters. The number of nitrogens with one attached hydrogen (secondary N) is 1. The van der Waals surface area contributed by atoms with Gasteiger partial charge in [-0.2, -0.15) is 5.26 Å². The third-order valence-corrected chi connectivity index (χ3v) is 6.05. The summed E-state index contributed by atoms with van der Waals surface area (Å²) in [6, 6.07) is 11.4. The first-order valence-corrected chi connectivity index (χ1v) is 13.4. The maximum atomic E-state index is 12.7. The van der Waals surface area contributed by atoms with Crippen molar-refractivity contribution >= 4 is 24.1 Å². The van der Waals surface area contributed by atoms with Crippen LogP contribution in [-0.2, 0) is 9.53 Å². The number of carbonyl (C=O) groups is 1. The topological polar surface area (TPSA) is 98.7 Å². The molecule has 1 amide bonds. The summed E-state index contributed by atoms with van der Waals surface area (Å²) in [6.07, 6.45) is 2.40. The summed E-state index contributed by atoms with van der Waals surface area (Å²) in [5.74, 6) is 1.39. The second kappa shape index (κ2) is 14.5. The molecule has 0 bridgehead atoms. The van der Waals surface area contributed by atoms with Gasteiger partial charge in [0, 0.05) is 42.1 Å². The standard InChI is InChI=1S/C28H33N3O4.C4H10/c1-19-16-23(7-6-22(19)17-20(2)31-11-14-34-15-12-31)26-9-8-25(35-26)21(3)24(18-29)27(33)30-28(4,5)10-13-32;1-4(2)3/h6-9,16-17,32H,1-2,10-15H2,3-5H3,(H,30,33);4H,1-3H3/b22-17-,24-21+;. The molecule has 1 aromatic carbocycles. The van der Waals surface area contributed by atoms with E-state index in [4.69, 9.17) is 9.15 Å². The third-order valence-electron chi connectivity index (χ3n) is 6.05. The van der Waals surface area contributed by atoms with Crippen molar-refractivity contribution in [3.05, 3.63) is 64.4 Å². The number of rotatable bonds is 8. The average Bonchev–Trinajstić information content (AvgIpc) is 3.36. The first-order chi connectivity index (χ1) is 18.4. The molecule has 2 aromatic rings. The van der Waals surface area contributed by atoms with E-state index in [9.17, 15) is 15.2 Å². The molecule has 7 heteroatoms. The van der Waals surface area contributed by atoms with Gasteiger partial charge in [0.25, 0.3) is 5.91 Å². The molecule has 0 aliphatic carbocycles. The normalized spacial score (nSPS) is 14.7. The van der Waals surface area contributed by atoms with E-state index in [1.54, 1.807) is 26.8 Å². The zero-order valence-electron chi connectivity index (χ0n) is 24.3. The summed E-state index contributed by atoms with van der Waals surface area (Å²) in [6.45, 7) is 23.1. The van der Waals surface area contributed by atoms with E-state index < -0.39 is 11.4 Å². The molecule has 210 valence electrons. The number of amides is 1. The maximum absolute atomic E-state index is 12.7. The van der Waals surface area contributed by atoms with Crippen LogP contribution < -0.4 is 15.8 Å². The molecular formula is C32H43N3O4. The number of nitriles is 1. The van der Waals surface area contributed by atoms with Gasteiger partial charge in [-0.15, -0.1) is 0 Å². The van der Waals surface area contributed by atoms with Gasteiger partial charge >= 0.3 is 0 Å². The van der Waals surface area contributed by atoms with Crippen LogP contribution in [0.5, 0.6) is 0 Å². The number of carbonyl (C=O) groups excluding carboxylic acids is 1. The van der Waals surface area contributed by atoms with Crippen LogP contribution in [0.15, 0.2) is 52.6 Å². The lowest BCUT2D eigenvalue weighted by Gasteiger charge is -2.29. The smallest absolute Gasteiger partial charge is 0.262 e. The zero-order chi connectivity index (χ0) is 29.2. The fraction of sp³-hybridized carbons (Fsp3) is 0.438. The molecule has 2 N–H and O–H groups in total. The van der Waals surface area contributed by atoms with E-state index in [0.29, 0.717) is 36.7 Å². The summed E-state index contributed by atoms with van der Waals surface area (Å²) in [7, 11) is 0. The lowest BCUT2D eigenvalue weighted by Crippen LogP contribution is -2.44. The van der Waals surface area contributed by atoms with Gasteiger partial charge in [0.15, 0.2) is 0 Å². The van der Waals surface area contributed by atoms with Crippen LogP contribution in [0.25, 0.3) is 29.6 Å². The van der Waals surface area contributed by atoms with Crippen LogP contribution in [0, 0.1) is 17.2 Å². The Hall–Kier alpha value is -3.60. The van der Waals surface area contributed by atoms with Gasteiger partial charge < -0.3 is 24.5 Å². The average molecular weight is 534 g/mol. The van der Waals surface area contributed by atoms with E-state index in [-0.39, 0.29) is 12.2 Å². The lowest BCUT2D eigenvalue weighted by molar-refractivity contribution is -0.118. The molecule has 1 fully saturated rings. The van der Waals surface area contributed by atoms with E-state index in [1.807, 2.05) is 36.4 Å². The Morgan fingerprint density at radius 3 is 2.44 bits per heavy atom. The second-order valence-electron chi connectivity index (χ2n) is 11.0. The summed E-state index contributed by atoms with van der Waals surface area (Å²) in [5, 5.41) is 23.4. The molecule has 1 aliphatic rings. The third kappa shape index (κ3) is 9.58. The van der Waals surface area contributed by atoms with Gasteiger partial charge in [0.05, 0.1) is 13.2 Å². The van der Waals surface area contributed by atoms with Crippen LogP contribution >= 0.6 is 0 Å². The van der Waals surface area contributed by atoms with Crippen LogP contribution in [-0.4, -0.2) is 54.4 Å². The fourth-order valence-electron chi connectivity index (χ4n) is 3.86. The van der Waals surface area contributed by atoms with Gasteiger partial charge in [-0.25, -0.2) is 0 Å².